The van der Waals surface area contributed by atoms with Crippen LogP contribution >= 0.6 is 0 Å². The molecule has 8 heteroatoms. The summed E-state index contributed by atoms with van der Waals surface area (Å²) >= 11 is 0. The second kappa shape index (κ2) is 8.14. The van der Waals surface area contributed by atoms with Crippen LogP contribution in [0.3, 0.4) is 0 Å². The number of anilines is 3. The van der Waals surface area contributed by atoms with E-state index in [9.17, 15) is 0 Å². The highest BCUT2D eigenvalue weighted by atomic mass is 15.4. The molecule has 4 heterocycles. The number of pyridine rings is 1. The molecule has 1 saturated heterocycles. The van der Waals surface area contributed by atoms with Crippen molar-refractivity contribution < 1.29 is 0 Å². The van der Waals surface area contributed by atoms with Crippen molar-refractivity contribution in [2.75, 3.05) is 43.4 Å². The SMILES string of the molecule is CN1CCN(c2ccc(Nc3nc4c(-c5cnc6ccccc6c5)nccn4n3)cc2)CC1. The molecule has 0 amide bonds. The quantitative estimate of drug-likeness (QED) is 0.459. The van der Waals surface area contributed by atoms with Crippen LogP contribution in [0.4, 0.5) is 17.3 Å². The van der Waals surface area contributed by atoms with Crippen LogP contribution in [0.15, 0.2) is 73.2 Å². The molecule has 1 aliphatic heterocycles. The standard InChI is InChI=1S/C25H24N8/c1-31-12-14-32(15-13-31)21-8-6-20(7-9-21)28-25-29-24-23(26-10-11-33(24)30-25)19-16-18-4-2-3-5-22(18)27-17-19/h2-11,16-17H,12-15H2,1H3,(H,28,30). The molecule has 0 radical (unpaired) electrons. The zero-order chi connectivity index (χ0) is 22.2. The smallest absolute Gasteiger partial charge is 0.247 e. The fourth-order valence-electron chi connectivity index (χ4n) is 4.22. The number of nitrogens with zero attached hydrogens (tertiary/aromatic N) is 7. The van der Waals surface area contributed by atoms with Gasteiger partial charge in [-0.15, -0.1) is 5.10 Å². The first-order valence-electron chi connectivity index (χ1n) is 11.1. The summed E-state index contributed by atoms with van der Waals surface area (Å²) in [7, 11) is 2.17. The molecule has 3 aromatic heterocycles. The lowest BCUT2D eigenvalue weighted by Crippen LogP contribution is -2.44. The summed E-state index contributed by atoms with van der Waals surface area (Å²) in [6.45, 7) is 4.29. The Morgan fingerprint density at radius 2 is 1.73 bits per heavy atom. The molecule has 1 fully saturated rings. The molecule has 6 rings (SSSR count). The third-order valence-corrected chi connectivity index (χ3v) is 6.11. The first kappa shape index (κ1) is 19.6. The Bertz CT molecular complexity index is 1420. The van der Waals surface area contributed by atoms with Crippen molar-refractivity contribution in [2.24, 2.45) is 0 Å². The van der Waals surface area contributed by atoms with Gasteiger partial charge in [-0.3, -0.25) is 9.97 Å². The number of benzene rings is 2. The van der Waals surface area contributed by atoms with Crippen LogP contribution in [0, 0.1) is 0 Å². The number of nitrogens with one attached hydrogen (secondary N) is 1. The van der Waals surface area contributed by atoms with Crippen LogP contribution in [0.5, 0.6) is 0 Å². The molecule has 1 aliphatic rings. The fraction of sp³-hybridized carbons (Fsp3) is 0.200. The first-order valence-corrected chi connectivity index (χ1v) is 11.1. The van der Waals surface area contributed by atoms with Gasteiger partial charge in [0.1, 0.15) is 5.69 Å². The predicted octanol–water partition coefficient (Wildman–Crippen LogP) is 3.83. The third kappa shape index (κ3) is 3.85. The minimum absolute atomic E-state index is 0.533. The van der Waals surface area contributed by atoms with Crippen molar-refractivity contribution in [2.45, 2.75) is 0 Å². The molecule has 0 unspecified atom stereocenters. The molecule has 1 N–H and O–H groups in total. The van der Waals surface area contributed by atoms with Crippen molar-refractivity contribution in [3.63, 3.8) is 0 Å². The van der Waals surface area contributed by atoms with Crippen LogP contribution in [0.25, 0.3) is 27.8 Å². The van der Waals surface area contributed by atoms with Crippen LogP contribution in [0.1, 0.15) is 0 Å². The molecule has 0 saturated carbocycles. The van der Waals surface area contributed by atoms with Gasteiger partial charge in [0.25, 0.3) is 0 Å². The minimum atomic E-state index is 0.533. The number of hydrogen-bond acceptors (Lipinski definition) is 7. The molecule has 8 nitrogen and oxygen atoms in total. The van der Waals surface area contributed by atoms with Gasteiger partial charge in [-0.2, -0.15) is 4.98 Å². The first-order chi connectivity index (χ1) is 16.2. The van der Waals surface area contributed by atoms with E-state index >= 15 is 0 Å². The van der Waals surface area contributed by atoms with E-state index in [-0.39, 0.29) is 0 Å². The fourth-order valence-corrected chi connectivity index (χ4v) is 4.22. The zero-order valence-corrected chi connectivity index (χ0v) is 18.4. The van der Waals surface area contributed by atoms with Gasteiger partial charge in [-0.1, -0.05) is 18.2 Å². The van der Waals surface area contributed by atoms with Crippen molar-refractivity contribution >= 4 is 33.9 Å². The zero-order valence-electron chi connectivity index (χ0n) is 18.4. The number of piperazine rings is 1. The van der Waals surface area contributed by atoms with E-state index in [0.717, 1.165) is 54.0 Å². The molecule has 164 valence electrons. The topological polar surface area (TPSA) is 74.5 Å². The Morgan fingerprint density at radius 1 is 0.909 bits per heavy atom. The molecular weight excluding hydrogens is 412 g/mol. The maximum atomic E-state index is 4.72. The lowest BCUT2D eigenvalue weighted by molar-refractivity contribution is 0.313. The normalized spacial score (nSPS) is 14.8. The highest BCUT2D eigenvalue weighted by Crippen LogP contribution is 2.26. The lowest BCUT2D eigenvalue weighted by Gasteiger charge is -2.34. The van der Waals surface area contributed by atoms with Crippen molar-refractivity contribution in [3.05, 3.63) is 73.2 Å². The molecular formula is C25H24N8. The largest absolute Gasteiger partial charge is 0.369 e. The van der Waals surface area contributed by atoms with E-state index in [4.69, 9.17) is 4.98 Å². The van der Waals surface area contributed by atoms with Gasteiger partial charge in [0.15, 0.2) is 5.65 Å². The number of hydrogen-bond donors (Lipinski definition) is 1. The number of aromatic nitrogens is 5. The van der Waals surface area contributed by atoms with Crippen LogP contribution in [-0.4, -0.2) is 62.7 Å². The van der Waals surface area contributed by atoms with E-state index in [2.05, 4.69) is 73.6 Å². The predicted molar refractivity (Wildman–Crippen MR) is 131 cm³/mol. The number of rotatable bonds is 4. The van der Waals surface area contributed by atoms with Crippen LogP contribution in [-0.2, 0) is 0 Å². The van der Waals surface area contributed by atoms with Gasteiger partial charge in [0, 0.05) is 67.1 Å². The molecule has 2 aromatic carbocycles. The average molecular weight is 437 g/mol. The van der Waals surface area contributed by atoms with E-state index in [0.29, 0.717) is 11.6 Å². The van der Waals surface area contributed by atoms with Crippen molar-refractivity contribution in [1.82, 2.24) is 29.5 Å². The maximum Gasteiger partial charge on any atom is 0.247 e. The van der Waals surface area contributed by atoms with Crippen molar-refractivity contribution in [3.8, 4) is 11.3 Å². The van der Waals surface area contributed by atoms with Gasteiger partial charge in [0.05, 0.1) is 5.52 Å². The monoisotopic (exact) mass is 436 g/mol. The molecule has 5 aromatic rings. The third-order valence-electron chi connectivity index (χ3n) is 6.11. The molecule has 0 spiro atoms. The maximum absolute atomic E-state index is 4.72. The van der Waals surface area contributed by atoms with Crippen LogP contribution < -0.4 is 10.2 Å². The van der Waals surface area contributed by atoms with E-state index in [1.54, 1.807) is 10.7 Å². The highest BCUT2D eigenvalue weighted by Gasteiger charge is 2.15. The second-order valence-corrected chi connectivity index (χ2v) is 8.36. The molecule has 0 atom stereocenters. The Morgan fingerprint density at radius 3 is 2.58 bits per heavy atom. The van der Waals surface area contributed by atoms with Gasteiger partial charge in [-0.05, 0) is 43.4 Å². The van der Waals surface area contributed by atoms with Gasteiger partial charge < -0.3 is 15.1 Å². The van der Waals surface area contributed by atoms with Gasteiger partial charge in [-0.25, -0.2) is 4.52 Å². The lowest BCUT2D eigenvalue weighted by atomic mass is 10.1. The Hall–Kier alpha value is -4.04. The van der Waals surface area contributed by atoms with E-state index in [1.165, 1.54) is 5.69 Å². The highest BCUT2D eigenvalue weighted by molar-refractivity contribution is 5.85. The summed E-state index contributed by atoms with van der Waals surface area (Å²) in [6, 6.07) is 18.6. The summed E-state index contributed by atoms with van der Waals surface area (Å²) < 4.78 is 1.75. The Balaban J connectivity index is 1.26. The Kier molecular flexibility index (Phi) is 4.84. The summed E-state index contributed by atoms with van der Waals surface area (Å²) in [5.41, 5.74) is 5.50. The average Bonchev–Trinajstić information content (AvgIpc) is 3.27. The van der Waals surface area contributed by atoms with Crippen LogP contribution in [0.2, 0.25) is 0 Å². The van der Waals surface area contributed by atoms with Gasteiger partial charge in [0.2, 0.25) is 5.95 Å². The summed E-state index contributed by atoms with van der Waals surface area (Å²) in [5.74, 6) is 0.533. The van der Waals surface area contributed by atoms with Gasteiger partial charge >= 0.3 is 0 Å². The number of fused-ring (bicyclic) bond motifs is 2. The minimum Gasteiger partial charge on any atom is -0.369 e. The molecule has 0 aliphatic carbocycles. The van der Waals surface area contributed by atoms with E-state index < -0.39 is 0 Å². The summed E-state index contributed by atoms with van der Waals surface area (Å²) in [6.07, 6.45) is 5.38. The molecule has 33 heavy (non-hydrogen) atoms. The second-order valence-electron chi connectivity index (χ2n) is 8.36. The summed E-state index contributed by atoms with van der Waals surface area (Å²) in [5, 5.41) is 8.99. The van der Waals surface area contributed by atoms with E-state index in [1.807, 2.05) is 30.6 Å². The summed E-state index contributed by atoms with van der Waals surface area (Å²) in [4.78, 5) is 18.6. The molecule has 0 bridgehead atoms. The number of para-hydroxylation sites is 1. The van der Waals surface area contributed by atoms with Crippen molar-refractivity contribution in [1.29, 1.82) is 0 Å². The Labute approximate surface area is 191 Å². The number of likely N-dealkylation sites (N-methyl/N-ethyl adjacent to an activating group) is 1.